The summed E-state index contributed by atoms with van der Waals surface area (Å²) in [6.07, 6.45) is 1.97. The number of esters is 1. The Morgan fingerprint density at radius 3 is 2.87 bits per heavy atom. The zero-order chi connectivity index (χ0) is 16.7. The number of nitrogens with one attached hydrogen (secondary N) is 1. The molecule has 0 aliphatic rings. The molecule has 122 valence electrons. The van der Waals surface area contributed by atoms with Crippen molar-refractivity contribution in [2.45, 2.75) is 27.2 Å². The van der Waals surface area contributed by atoms with Crippen molar-refractivity contribution in [2.24, 2.45) is 5.10 Å². The average molecular weight is 333 g/mol. The molecule has 2 rings (SSSR count). The SMILES string of the molecule is CCOc1cc(C=NNc2nc(C)cs2)ccc1OC(=O)CC. The largest absolute Gasteiger partial charge is 0.490 e. The van der Waals surface area contributed by atoms with Gasteiger partial charge in [0.25, 0.3) is 0 Å². The number of ether oxygens (including phenoxy) is 2. The van der Waals surface area contributed by atoms with Crippen molar-refractivity contribution in [3.05, 3.63) is 34.8 Å². The van der Waals surface area contributed by atoms with Crippen molar-refractivity contribution in [3.63, 3.8) is 0 Å². The monoisotopic (exact) mass is 333 g/mol. The Balaban J connectivity index is 2.09. The third-order valence-corrected chi connectivity index (χ3v) is 3.64. The first-order valence-electron chi connectivity index (χ1n) is 7.31. The van der Waals surface area contributed by atoms with Gasteiger partial charge in [0.2, 0.25) is 5.13 Å². The number of aromatic nitrogens is 1. The van der Waals surface area contributed by atoms with Gasteiger partial charge in [-0.05, 0) is 37.6 Å². The highest BCUT2D eigenvalue weighted by Gasteiger charge is 2.09. The first kappa shape index (κ1) is 17.0. The van der Waals surface area contributed by atoms with E-state index in [0.29, 0.717) is 24.5 Å². The number of carbonyl (C=O) groups excluding carboxylic acids is 1. The number of carbonyl (C=O) groups is 1. The Labute approximate surface area is 139 Å². The van der Waals surface area contributed by atoms with E-state index in [-0.39, 0.29) is 5.97 Å². The van der Waals surface area contributed by atoms with Crippen molar-refractivity contribution in [1.29, 1.82) is 0 Å². The van der Waals surface area contributed by atoms with Crippen LogP contribution in [0.5, 0.6) is 11.5 Å². The number of rotatable bonds is 7. The molecule has 0 bridgehead atoms. The van der Waals surface area contributed by atoms with Crippen LogP contribution in [0.25, 0.3) is 0 Å². The van der Waals surface area contributed by atoms with Gasteiger partial charge in [0, 0.05) is 11.8 Å². The minimum Gasteiger partial charge on any atom is -0.490 e. The topological polar surface area (TPSA) is 72.8 Å². The number of aryl methyl sites for hydroxylation is 1. The Kier molecular flexibility index (Phi) is 6.10. The van der Waals surface area contributed by atoms with Crippen molar-refractivity contribution < 1.29 is 14.3 Å². The second-order valence-electron chi connectivity index (χ2n) is 4.63. The van der Waals surface area contributed by atoms with Crippen LogP contribution in [0, 0.1) is 6.92 Å². The highest BCUT2D eigenvalue weighted by atomic mass is 32.1. The molecule has 0 aliphatic carbocycles. The molecule has 0 aliphatic heterocycles. The summed E-state index contributed by atoms with van der Waals surface area (Å²) in [5, 5.41) is 6.82. The van der Waals surface area contributed by atoms with Crippen molar-refractivity contribution in [2.75, 3.05) is 12.0 Å². The molecule has 0 atom stereocenters. The highest BCUT2D eigenvalue weighted by Crippen LogP contribution is 2.28. The van der Waals surface area contributed by atoms with Crippen LogP contribution in [-0.4, -0.2) is 23.8 Å². The molecule has 0 saturated carbocycles. The Bertz CT molecular complexity index is 698. The van der Waals surface area contributed by atoms with Crippen molar-refractivity contribution in [3.8, 4) is 11.5 Å². The van der Waals surface area contributed by atoms with Crippen LogP contribution in [0.15, 0.2) is 28.7 Å². The lowest BCUT2D eigenvalue weighted by molar-refractivity contribution is -0.134. The summed E-state index contributed by atoms with van der Waals surface area (Å²) in [5.41, 5.74) is 4.65. The molecule has 1 heterocycles. The predicted molar refractivity (Wildman–Crippen MR) is 91.6 cm³/mol. The minimum atomic E-state index is -0.298. The van der Waals surface area contributed by atoms with E-state index in [9.17, 15) is 4.79 Å². The molecule has 7 heteroatoms. The first-order chi connectivity index (χ1) is 11.1. The van der Waals surface area contributed by atoms with Gasteiger partial charge in [-0.1, -0.05) is 6.92 Å². The quantitative estimate of drug-likeness (QED) is 0.363. The number of anilines is 1. The summed E-state index contributed by atoms with van der Waals surface area (Å²) in [6.45, 7) is 6.03. The number of thiazole rings is 1. The minimum absolute atomic E-state index is 0.298. The maximum absolute atomic E-state index is 11.4. The lowest BCUT2D eigenvalue weighted by atomic mass is 10.2. The fourth-order valence-electron chi connectivity index (χ4n) is 1.72. The molecule has 0 spiro atoms. The van der Waals surface area contributed by atoms with Gasteiger partial charge in [0.1, 0.15) is 0 Å². The molecule has 0 radical (unpaired) electrons. The molecular weight excluding hydrogens is 314 g/mol. The van der Waals surface area contributed by atoms with Crippen molar-refractivity contribution in [1.82, 2.24) is 4.98 Å². The van der Waals surface area contributed by atoms with Crippen LogP contribution in [0.4, 0.5) is 5.13 Å². The van der Waals surface area contributed by atoms with Crippen LogP contribution >= 0.6 is 11.3 Å². The lowest BCUT2D eigenvalue weighted by Crippen LogP contribution is -2.07. The number of hydrogen-bond donors (Lipinski definition) is 1. The number of hydrogen-bond acceptors (Lipinski definition) is 7. The summed E-state index contributed by atoms with van der Waals surface area (Å²) in [6, 6.07) is 5.28. The maximum Gasteiger partial charge on any atom is 0.311 e. The molecule has 1 aromatic carbocycles. The van der Waals surface area contributed by atoms with Crippen LogP contribution in [0.1, 0.15) is 31.5 Å². The number of benzene rings is 1. The van der Waals surface area contributed by atoms with Crippen LogP contribution in [0.3, 0.4) is 0 Å². The summed E-state index contributed by atoms with van der Waals surface area (Å²) in [5.74, 6) is 0.635. The zero-order valence-electron chi connectivity index (χ0n) is 13.3. The second kappa shape index (κ2) is 8.28. The zero-order valence-corrected chi connectivity index (χ0v) is 14.1. The van der Waals surface area contributed by atoms with Gasteiger partial charge in [-0.2, -0.15) is 5.10 Å². The molecule has 1 aromatic heterocycles. The van der Waals surface area contributed by atoms with Crippen LogP contribution < -0.4 is 14.9 Å². The van der Waals surface area contributed by atoms with Gasteiger partial charge in [-0.25, -0.2) is 4.98 Å². The smallest absolute Gasteiger partial charge is 0.311 e. The number of nitrogens with zero attached hydrogens (tertiary/aromatic N) is 2. The molecule has 0 unspecified atom stereocenters. The maximum atomic E-state index is 11.4. The Morgan fingerprint density at radius 1 is 1.39 bits per heavy atom. The van der Waals surface area contributed by atoms with E-state index >= 15 is 0 Å². The normalized spacial score (nSPS) is 10.7. The van der Waals surface area contributed by atoms with Gasteiger partial charge in [0.05, 0.1) is 18.5 Å². The predicted octanol–water partition coefficient (Wildman–Crippen LogP) is 3.61. The van der Waals surface area contributed by atoms with E-state index < -0.39 is 0 Å². The summed E-state index contributed by atoms with van der Waals surface area (Å²) in [7, 11) is 0. The number of hydrazone groups is 1. The molecule has 6 nitrogen and oxygen atoms in total. The van der Waals surface area contributed by atoms with Crippen molar-refractivity contribution >= 4 is 28.7 Å². The summed E-state index contributed by atoms with van der Waals surface area (Å²) < 4.78 is 10.8. The Hall–Kier alpha value is -2.41. The molecule has 0 amide bonds. The third-order valence-electron chi connectivity index (χ3n) is 2.77. The van der Waals surface area contributed by atoms with Gasteiger partial charge in [0.15, 0.2) is 11.5 Å². The fourth-order valence-corrected chi connectivity index (χ4v) is 2.36. The molecule has 0 fully saturated rings. The summed E-state index contributed by atoms with van der Waals surface area (Å²) >= 11 is 1.49. The summed E-state index contributed by atoms with van der Waals surface area (Å²) in [4.78, 5) is 15.7. The van der Waals surface area contributed by atoms with E-state index in [1.165, 1.54) is 11.3 Å². The average Bonchev–Trinajstić information content (AvgIpc) is 2.95. The van der Waals surface area contributed by atoms with Gasteiger partial charge in [-0.3, -0.25) is 10.2 Å². The molecule has 1 N–H and O–H groups in total. The van der Waals surface area contributed by atoms with E-state index in [0.717, 1.165) is 16.4 Å². The van der Waals surface area contributed by atoms with Gasteiger partial charge >= 0.3 is 5.97 Å². The standard InChI is InChI=1S/C16H19N3O3S/c1-4-15(20)22-13-7-6-12(8-14(13)21-5-2)9-17-19-16-18-11(3)10-23-16/h6-10H,4-5H2,1-3H3,(H,18,19). The fraction of sp³-hybridized carbons (Fsp3) is 0.312. The second-order valence-corrected chi connectivity index (χ2v) is 5.49. The first-order valence-corrected chi connectivity index (χ1v) is 8.19. The van der Waals surface area contributed by atoms with Crippen LogP contribution in [-0.2, 0) is 4.79 Å². The van der Waals surface area contributed by atoms with E-state index in [1.807, 2.05) is 19.2 Å². The molecule has 23 heavy (non-hydrogen) atoms. The van der Waals surface area contributed by atoms with Gasteiger partial charge in [-0.15, -0.1) is 11.3 Å². The molecule has 0 saturated heterocycles. The van der Waals surface area contributed by atoms with E-state index in [1.54, 1.807) is 31.3 Å². The highest BCUT2D eigenvalue weighted by molar-refractivity contribution is 7.13. The lowest BCUT2D eigenvalue weighted by Gasteiger charge is -2.10. The van der Waals surface area contributed by atoms with Crippen LogP contribution in [0.2, 0.25) is 0 Å². The Morgan fingerprint density at radius 2 is 2.22 bits per heavy atom. The third kappa shape index (κ3) is 5.07. The van der Waals surface area contributed by atoms with Gasteiger partial charge < -0.3 is 9.47 Å². The van der Waals surface area contributed by atoms with E-state index in [4.69, 9.17) is 9.47 Å². The van der Waals surface area contributed by atoms with E-state index in [2.05, 4.69) is 15.5 Å². The molecular formula is C16H19N3O3S. The molecule has 2 aromatic rings.